The van der Waals surface area contributed by atoms with E-state index < -0.39 is 8.80 Å². The van der Waals surface area contributed by atoms with Crippen molar-refractivity contribution in [2.45, 2.75) is 45.7 Å². The van der Waals surface area contributed by atoms with E-state index in [1.54, 1.807) is 0 Å². The molecule has 2 atom stereocenters. The van der Waals surface area contributed by atoms with E-state index in [4.69, 9.17) is 19.1 Å². The van der Waals surface area contributed by atoms with Crippen LogP contribution >= 0.6 is 0 Å². The van der Waals surface area contributed by atoms with Crippen LogP contribution in [0.15, 0.2) is 0 Å². The molecule has 0 aliphatic carbocycles. The third kappa shape index (κ3) is 12.3. The van der Waals surface area contributed by atoms with Gasteiger partial charge in [0.1, 0.15) is 0 Å². The van der Waals surface area contributed by atoms with E-state index in [-0.39, 0.29) is 6.04 Å². The first-order chi connectivity index (χ1) is 7.85. The summed E-state index contributed by atoms with van der Waals surface area (Å²) in [4.78, 5) is 26.3. The standard InChI is InChI=1S/C11H27NO4Si/c1-4-11(3)12-8-10(2)9-16-6-5-7-17(13,14)15/h10-15H,4-9H2,1-3H3. The van der Waals surface area contributed by atoms with Crippen molar-refractivity contribution in [1.82, 2.24) is 5.32 Å². The van der Waals surface area contributed by atoms with Gasteiger partial charge in [-0.2, -0.15) is 0 Å². The van der Waals surface area contributed by atoms with Gasteiger partial charge in [0, 0.05) is 25.2 Å². The summed E-state index contributed by atoms with van der Waals surface area (Å²) in [6.45, 7) is 8.45. The van der Waals surface area contributed by atoms with E-state index in [1.807, 2.05) is 0 Å². The van der Waals surface area contributed by atoms with Crippen molar-refractivity contribution in [3.05, 3.63) is 0 Å². The molecule has 0 radical (unpaired) electrons. The Kier molecular flexibility index (Phi) is 9.02. The van der Waals surface area contributed by atoms with Crippen LogP contribution in [-0.4, -0.2) is 49.0 Å². The first-order valence-electron chi connectivity index (χ1n) is 6.33. The van der Waals surface area contributed by atoms with Crippen molar-refractivity contribution in [3.8, 4) is 0 Å². The van der Waals surface area contributed by atoms with Gasteiger partial charge < -0.3 is 24.4 Å². The van der Waals surface area contributed by atoms with E-state index in [2.05, 4.69) is 26.1 Å². The summed E-state index contributed by atoms with van der Waals surface area (Å²) in [7, 11) is -3.86. The summed E-state index contributed by atoms with van der Waals surface area (Å²) in [5.74, 6) is 0.434. The molecule has 6 heteroatoms. The molecule has 104 valence electrons. The Balaban J connectivity index is 3.36. The van der Waals surface area contributed by atoms with Crippen molar-refractivity contribution >= 4 is 8.80 Å². The minimum Gasteiger partial charge on any atom is -0.390 e. The highest BCUT2D eigenvalue weighted by Gasteiger charge is 2.25. The molecule has 0 fully saturated rings. The van der Waals surface area contributed by atoms with Gasteiger partial charge in [0.15, 0.2) is 0 Å². The van der Waals surface area contributed by atoms with Crippen LogP contribution < -0.4 is 5.32 Å². The third-order valence-corrected chi connectivity index (χ3v) is 3.65. The summed E-state index contributed by atoms with van der Waals surface area (Å²) < 4.78 is 5.41. The molecular weight excluding hydrogens is 238 g/mol. The molecule has 5 nitrogen and oxygen atoms in total. The van der Waals surface area contributed by atoms with E-state index >= 15 is 0 Å². The molecule has 0 aliphatic heterocycles. The minimum absolute atomic E-state index is 0.0481. The summed E-state index contributed by atoms with van der Waals surface area (Å²) in [5.41, 5.74) is 0. The van der Waals surface area contributed by atoms with Crippen LogP contribution in [-0.2, 0) is 4.74 Å². The van der Waals surface area contributed by atoms with Gasteiger partial charge in [0.05, 0.1) is 6.61 Å². The first kappa shape index (κ1) is 17.0. The largest absolute Gasteiger partial charge is 0.492 e. The quantitative estimate of drug-likeness (QED) is 0.338. The topological polar surface area (TPSA) is 82.0 Å². The monoisotopic (exact) mass is 265 g/mol. The van der Waals surface area contributed by atoms with Crippen LogP contribution in [0.1, 0.15) is 33.6 Å². The van der Waals surface area contributed by atoms with Crippen LogP contribution in [0.4, 0.5) is 0 Å². The fourth-order valence-electron chi connectivity index (χ4n) is 1.30. The maximum atomic E-state index is 8.78. The predicted octanol–water partition coefficient (Wildman–Crippen LogP) is 0.333. The second-order valence-electron chi connectivity index (χ2n) is 4.78. The second kappa shape index (κ2) is 9.01. The zero-order valence-corrected chi connectivity index (χ0v) is 12.1. The SMILES string of the molecule is CCC(C)NCC(C)COCCC[Si](O)(O)O. The molecule has 0 amide bonds. The van der Waals surface area contributed by atoms with Gasteiger partial charge >= 0.3 is 8.80 Å². The lowest BCUT2D eigenvalue weighted by Crippen LogP contribution is -2.34. The van der Waals surface area contributed by atoms with Crippen molar-refractivity contribution in [1.29, 1.82) is 0 Å². The summed E-state index contributed by atoms with van der Waals surface area (Å²) in [5, 5.41) is 3.40. The van der Waals surface area contributed by atoms with Crippen molar-refractivity contribution in [2.24, 2.45) is 5.92 Å². The highest BCUT2D eigenvalue weighted by molar-refractivity contribution is 6.56. The molecule has 0 rings (SSSR count). The summed E-state index contributed by atoms with van der Waals surface area (Å²) in [6, 6.07) is 0.578. The maximum Gasteiger partial charge on any atom is 0.492 e. The number of ether oxygens (including phenoxy) is 1. The molecule has 0 aromatic rings. The Bertz CT molecular complexity index is 187. The molecule has 0 aromatic carbocycles. The van der Waals surface area contributed by atoms with E-state index in [0.29, 0.717) is 31.6 Å². The van der Waals surface area contributed by atoms with E-state index in [0.717, 1.165) is 13.0 Å². The fraction of sp³-hybridized carbons (Fsp3) is 1.00. The first-order valence-corrected chi connectivity index (χ1v) is 8.38. The van der Waals surface area contributed by atoms with Gasteiger partial charge in [-0.25, -0.2) is 0 Å². The van der Waals surface area contributed by atoms with Gasteiger partial charge in [-0.1, -0.05) is 13.8 Å². The molecule has 2 unspecified atom stereocenters. The Morgan fingerprint density at radius 3 is 2.41 bits per heavy atom. The van der Waals surface area contributed by atoms with Gasteiger partial charge in [-0.05, 0) is 25.7 Å². The third-order valence-electron chi connectivity index (χ3n) is 2.63. The number of hydrogen-bond donors (Lipinski definition) is 4. The summed E-state index contributed by atoms with van der Waals surface area (Å²) in [6.07, 6.45) is 1.60. The van der Waals surface area contributed by atoms with Crippen molar-refractivity contribution < 1.29 is 19.1 Å². The summed E-state index contributed by atoms with van der Waals surface area (Å²) >= 11 is 0. The number of hydrogen-bond acceptors (Lipinski definition) is 5. The van der Waals surface area contributed by atoms with Crippen LogP contribution in [0.3, 0.4) is 0 Å². The lowest BCUT2D eigenvalue weighted by molar-refractivity contribution is 0.100. The van der Waals surface area contributed by atoms with Gasteiger partial charge in [-0.3, -0.25) is 0 Å². The zero-order valence-electron chi connectivity index (χ0n) is 11.1. The lowest BCUT2D eigenvalue weighted by atomic mass is 10.2. The Hall–Kier alpha value is 0.0169. The Labute approximate surface area is 105 Å². The van der Waals surface area contributed by atoms with Gasteiger partial charge in [0.25, 0.3) is 0 Å². The van der Waals surface area contributed by atoms with Gasteiger partial charge in [0.2, 0.25) is 0 Å². The smallest absolute Gasteiger partial charge is 0.390 e. The normalized spacial score (nSPS) is 15.9. The zero-order chi connectivity index (χ0) is 13.3. The van der Waals surface area contributed by atoms with Crippen LogP contribution in [0.25, 0.3) is 0 Å². The molecule has 17 heavy (non-hydrogen) atoms. The molecule has 0 saturated heterocycles. The minimum atomic E-state index is -3.86. The average molecular weight is 265 g/mol. The Morgan fingerprint density at radius 2 is 1.88 bits per heavy atom. The van der Waals surface area contributed by atoms with E-state index in [1.165, 1.54) is 0 Å². The van der Waals surface area contributed by atoms with Crippen LogP contribution in [0.2, 0.25) is 6.04 Å². The average Bonchev–Trinajstić information content (AvgIpc) is 2.23. The van der Waals surface area contributed by atoms with Crippen molar-refractivity contribution in [3.63, 3.8) is 0 Å². The maximum absolute atomic E-state index is 8.78. The van der Waals surface area contributed by atoms with Crippen molar-refractivity contribution in [2.75, 3.05) is 19.8 Å². The lowest BCUT2D eigenvalue weighted by Gasteiger charge is -2.17. The van der Waals surface area contributed by atoms with E-state index in [9.17, 15) is 0 Å². The number of rotatable bonds is 10. The predicted molar refractivity (Wildman–Crippen MR) is 69.6 cm³/mol. The van der Waals surface area contributed by atoms with Crippen LogP contribution in [0, 0.1) is 5.92 Å². The molecule has 0 aliphatic rings. The molecule has 0 aromatic heterocycles. The highest BCUT2D eigenvalue weighted by Crippen LogP contribution is 2.03. The second-order valence-corrected chi connectivity index (χ2v) is 6.82. The molecular formula is C11H27NO4Si. The van der Waals surface area contributed by atoms with Gasteiger partial charge in [-0.15, -0.1) is 0 Å². The number of nitrogens with one attached hydrogen (secondary N) is 1. The fourth-order valence-corrected chi connectivity index (χ4v) is 1.92. The molecule has 0 saturated carbocycles. The Morgan fingerprint density at radius 1 is 1.24 bits per heavy atom. The molecule has 0 spiro atoms. The van der Waals surface area contributed by atoms with Crippen LogP contribution in [0.5, 0.6) is 0 Å². The molecule has 4 N–H and O–H groups in total. The molecule has 0 bridgehead atoms. The highest BCUT2D eigenvalue weighted by atomic mass is 28.4. The molecule has 0 heterocycles.